The van der Waals surface area contributed by atoms with Gasteiger partial charge in [0.2, 0.25) is 0 Å². The van der Waals surface area contributed by atoms with Gasteiger partial charge in [-0.2, -0.15) is 57.1 Å². The van der Waals surface area contributed by atoms with Crippen molar-refractivity contribution in [2.24, 2.45) is 0 Å². The van der Waals surface area contributed by atoms with Gasteiger partial charge in [0.05, 0.1) is 0 Å². The van der Waals surface area contributed by atoms with Crippen LogP contribution >= 0.6 is 0 Å². The van der Waals surface area contributed by atoms with Crippen molar-refractivity contribution in [2.45, 2.75) is 61.2 Å². The Kier molecular flexibility index (Phi) is 5.96. The lowest BCUT2D eigenvalue weighted by Gasteiger charge is -2.42. The van der Waals surface area contributed by atoms with Crippen molar-refractivity contribution in [3.8, 4) is 0 Å². The summed E-state index contributed by atoms with van der Waals surface area (Å²) in [6.07, 6.45) is -7.97. The van der Waals surface area contributed by atoms with Crippen molar-refractivity contribution < 1.29 is 71.0 Å². The van der Waals surface area contributed by atoms with Crippen LogP contribution in [0.2, 0.25) is 0 Å². The van der Waals surface area contributed by atoms with Gasteiger partial charge in [0.25, 0.3) is 0 Å². The molecule has 16 heteroatoms. The molecule has 0 aromatic carbocycles. The molecule has 0 amide bonds. The molecular weight excluding hydrogens is 421 g/mol. The van der Waals surface area contributed by atoms with E-state index in [9.17, 15) is 65.9 Å². The Morgan fingerprint density at radius 3 is 1.12 bits per heavy atom. The van der Waals surface area contributed by atoms with Gasteiger partial charge >= 0.3 is 47.8 Å². The second-order valence-corrected chi connectivity index (χ2v) is 4.90. The SMILES string of the molecule is CCC(F)(F)C(F)(F)C(F)(F)C(F)(F)C(F)(F)C(F)(F)C(O)(F)C(F)F. The molecule has 0 aliphatic carbocycles. The third-order valence-corrected chi connectivity index (χ3v) is 3.21. The molecular formula is C10H7F15O. The third kappa shape index (κ3) is 2.87. The van der Waals surface area contributed by atoms with E-state index < -0.39 is 54.2 Å². The number of rotatable bonds is 8. The highest BCUT2D eigenvalue weighted by Crippen LogP contribution is 2.62. The molecule has 0 saturated carbocycles. The molecule has 158 valence electrons. The quantitative estimate of drug-likeness (QED) is 0.532. The summed E-state index contributed by atoms with van der Waals surface area (Å²) in [5, 5.41) is 7.93. The minimum absolute atomic E-state index is 0.00594. The fraction of sp³-hybridized carbons (Fsp3) is 1.00. The second-order valence-electron chi connectivity index (χ2n) is 4.90. The summed E-state index contributed by atoms with van der Waals surface area (Å²) >= 11 is 0. The van der Waals surface area contributed by atoms with E-state index in [4.69, 9.17) is 5.11 Å². The molecule has 0 spiro atoms. The minimum Gasteiger partial charge on any atom is -0.353 e. The summed E-state index contributed by atoms with van der Waals surface area (Å²) in [5.41, 5.74) is 0. The standard InChI is InChI=1S/C10H7F15O/c1-2-4(13,14)6(16,17)8(20,21)10(24,25)9(22,23)7(18,19)5(15,26)3(11)12/h3,26H,2H2,1H3. The highest BCUT2D eigenvalue weighted by Gasteiger charge is 2.92. The van der Waals surface area contributed by atoms with E-state index in [1.54, 1.807) is 0 Å². The Morgan fingerprint density at radius 2 is 0.846 bits per heavy atom. The zero-order valence-electron chi connectivity index (χ0n) is 11.9. The van der Waals surface area contributed by atoms with Gasteiger partial charge in [-0.1, -0.05) is 6.92 Å². The maximum atomic E-state index is 13.1. The Hall–Kier alpha value is -1.09. The molecule has 0 radical (unpaired) electrons. The van der Waals surface area contributed by atoms with E-state index in [0.29, 0.717) is 0 Å². The van der Waals surface area contributed by atoms with E-state index in [0.717, 1.165) is 0 Å². The zero-order valence-corrected chi connectivity index (χ0v) is 11.9. The Labute approximate surface area is 133 Å². The predicted molar refractivity (Wildman–Crippen MR) is 52.0 cm³/mol. The molecule has 1 unspecified atom stereocenters. The topological polar surface area (TPSA) is 20.2 Å². The summed E-state index contributed by atoms with van der Waals surface area (Å²) in [6, 6.07) is 0. The van der Waals surface area contributed by atoms with Gasteiger partial charge in [-0.05, 0) is 0 Å². The number of aliphatic hydroxyl groups is 1. The zero-order chi connectivity index (χ0) is 21.8. The molecule has 1 nitrogen and oxygen atoms in total. The summed E-state index contributed by atoms with van der Waals surface area (Å²) in [7, 11) is 0. The molecule has 0 aromatic rings. The molecule has 0 aliphatic heterocycles. The molecule has 0 heterocycles. The highest BCUT2D eigenvalue weighted by atomic mass is 19.4. The van der Waals surface area contributed by atoms with Crippen LogP contribution in [0.1, 0.15) is 13.3 Å². The lowest BCUT2D eigenvalue weighted by molar-refractivity contribution is -0.454. The molecule has 1 N–H and O–H groups in total. The van der Waals surface area contributed by atoms with Gasteiger partial charge in [0.1, 0.15) is 0 Å². The average molecular weight is 428 g/mol. The van der Waals surface area contributed by atoms with E-state index >= 15 is 0 Å². The summed E-state index contributed by atoms with van der Waals surface area (Å²) in [5.74, 6) is -52.7. The molecule has 0 saturated heterocycles. The molecule has 1 atom stereocenters. The molecule has 0 aliphatic rings. The predicted octanol–water partition coefficient (Wildman–Crippen LogP) is 5.13. The van der Waals surface area contributed by atoms with Crippen LogP contribution in [0, 0.1) is 0 Å². The van der Waals surface area contributed by atoms with Crippen molar-refractivity contribution in [1.82, 2.24) is 0 Å². The first-order chi connectivity index (χ1) is 11.0. The van der Waals surface area contributed by atoms with Gasteiger partial charge in [0.15, 0.2) is 0 Å². The van der Waals surface area contributed by atoms with Crippen LogP contribution in [0.4, 0.5) is 65.9 Å². The smallest absolute Gasteiger partial charge is 0.353 e. The van der Waals surface area contributed by atoms with E-state index in [2.05, 4.69) is 0 Å². The largest absolute Gasteiger partial charge is 0.384 e. The monoisotopic (exact) mass is 428 g/mol. The maximum absolute atomic E-state index is 13.1. The van der Waals surface area contributed by atoms with Gasteiger partial charge in [-0.25, -0.2) is 8.78 Å². The van der Waals surface area contributed by atoms with Crippen LogP contribution < -0.4 is 0 Å². The molecule has 26 heavy (non-hydrogen) atoms. The molecule has 0 rings (SSSR count). The van der Waals surface area contributed by atoms with Crippen LogP contribution in [-0.4, -0.2) is 52.9 Å². The first-order valence-corrected chi connectivity index (χ1v) is 5.97. The minimum atomic E-state index is -8.22. The Bertz CT molecular complexity index is 509. The van der Waals surface area contributed by atoms with Crippen LogP contribution in [0.5, 0.6) is 0 Å². The van der Waals surface area contributed by atoms with E-state index in [-0.39, 0.29) is 6.92 Å². The first-order valence-electron chi connectivity index (χ1n) is 5.97. The summed E-state index contributed by atoms with van der Waals surface area (Å²) < 4.78 is 192. The van der Waals surface area contributed by atoms with Crippen molar-refractivity contribution >= 4 is 0 Å². The van der Waals surface area contributed by atoms with E-state index in [1.165, 1.54) is 0 Å². The van der Waals surface area contributed by atoms with Crippen molar-refractivity contribution in [1.29, 1.82) is 0 Å². The first kappa shape index (κ1) is 24.9. The van der Waals surface area contributed by atoms with Crippen LogP contribution in [0.3, 0.4) is 0 Å². The van der Waals surface area contributed by atoms with E-state index in [1.807, 2.05) is 0 Å². The van der Waals surface area contributed by atoms with Crippen molar-refractivity contribution in [3.63, 3.8) is 0 Å². The average Bonchev–Trinajstić information content (AvgIpc) is 2.45. The lowest BCUT2D eigenvalue weighted by Crippen LogP contribution is -2.74. The fourth-order valence-electron chi connectivity index (χ4n) is 1.40. The summed E-state index contributed by atoms with van der Waals surface area (Å²) in [6.45, 7) is 0.00594. The number of hydrogen-bond acceptors (Lipinski definition) is 1. The third-order valence-electron chi connectivity index (χ3n) is 3.21. The van der Waals surface area contributed by atoms with Gasteiger partial charge in [-0.15, -0.1) is 0 Å². The van der Waals surface area contributed by atoms with Crippen LogP contribution in [0.25, 0.3) is 0 Å². The molecule has 0 aromatic heterocycles. The maximum Gasteiger partial charge on any atom is 0.384 e. The highest BCUT2D eigenvalue weighted by molar-refractivity contribution is 5.14. The number of halogens is 15. The fourth-order valence-corrected chi connectivity index (χ4v) is 1.40. The second kappa shape index (κ2) is 6.22. The summed E-state index contributed by atoms with van der Waals surface area (Å²) in [4.78, 5) is 0. The van der Waals surface area contributed by atoms with Gasteiger partial charge in [0, 0.05) is 6.42 Å². The molecule has 0 bridgehead atoms. The van der Waals surface area contributed by atoms with Crippen LogP contribution in [-0.2, 0) is 0 Å². The van der Waals surface area contributed by atoms with Gasteiger partial charge < -0.3 is 5.11 Å². The number of alkyl halides is 15. The lowest BCUT2D eigenvalue weighted by atomic mass is 9.88. The van der Waals surface area contributed by atoms with Crippen molar-refractivity contribution in [3.05, 3.63) is 0 Å². The Morgan fingerprint density at radius 1 is 0.577 bits per heavy atom. The normalized spacial score (nSPS) is 18.2. The van der Waals surface area contributed by atoms with Gasteiger partial charge in [-0.3, -0.25) is 0 Å². The van der Waals surface area contributed by atoms with Crippen molar-refractivity contribution in [2.75, 3.05) is 0 Å². The Balaban J connectivity index is 6.54. The molecule has 0 fully saturated rings. The van der Waals surface area contributed by atoms with Crippen LogP contribution in [0.15, 0.2) is 0 Å². The number of hydrogen-bond donors (Lipinski definition) is 1.